The number of hydrogen-bond donors (Lipinski definition) is 3. The third-order valence-corrected chi connectivity index (χ3v) is 2.96. The van der Waals surface area contributed by atoms with Crippen LogP contribution >= 0.6 is 0 Å². The van der Waals surface area contributed by atoms with Gasteiger partial charge in [0.2, 0.25) is 0 Å². The number of aromatic nitrogens is 2. The van der Waals surface area contributed by atoms with Gasteiger partial charge < -0.3 is 20.1 Å². The summed E-state index contributed by atoms with van der Waals surface area (Å²) >= 11 is 0. The molecule has 1 aliphatic rings. The van der Waals surface area contributed by atoms with Crippen LogP contribution in [0, 0.1) is 0 Å². The molecule has 1 saturated heterocycles. The van der Waals surface area contributed by atoms with Crippen molar-refractivity contribution < 1.29 is 14.6 Å². The summed E-state index contributed by atoms with van der Waals surface area (Å²) in [6.45, 7) is 2.51. The average molecular weight is 225 g/mol. The number of H-pyrrole nitrogens is 1. The molecular weight excluding hydrogens is 210 g/mol. The highest BCUT2D eigenvalue weighted by molar-refractivity contribution is 5.91. The van der Waals surface area contributed by atoms with Gasteiger partial charge >= 0.3 is 0 Å². The maximum Gasteiger partial charge on any atom is 0.269 e. The zero-order valence-electron chi connectivity index (χ0n) is 9.06. The van der Waals surface area contributed by atoms with Gasteiger partial charge in [-0.25, -0.2) is 4.98 Å². The maximum absolute atomic E-state index is 11.6. The van der Waals surface area contributed by atoms with Gasteiger partial charge in [-0.3, -0.25) is 4.79 Å². The molecule has 0 aliphatic carbocycles. The molecule has 2 heterocycles. The van der Waals surface area contributed by atoms with E-state index in [1.165, 1.54) is 12.5 Å². The van der Waals surface area contributed by atoms with Gasteiger partial charge in [-0.2, -0.15) is 0 Å². The lowest BCUT2D eigenvalue weighted by Gasteiger charge is -2.25. The summed E-state index contributed by atoms with van der Waals surface area (Å²) in [6, 6.07) is 0. The highest BCUT2D eigenvalue weighted by Crippen LogP contribution is 2.24. The monoisotopic (exact) mass is 225 g/mol. The molecule has 6 heteroatoms. The zero-order chi connectivity index (χ0) is 11.6. The van der Waals surface area contributed by atoms with Gasteiger partial charge in [-0.05, 0) is 6.92 Å². The number of carbonyl (C=O) groups excluding carboxylic acids is 1. The van der Waals surface area contributed by atoms with Crippen molar-refractivity contribution in [3.8, 4) is 0 Å². The summed E-state index contributed by atoms with van der Waals surface area (Å²) in [7, 11) is 0. The topological polar surface area (TPSA) is 87.2 Å². The molecule has 0 spiro atoms. The molecule has 1 aromatic rings. The number of imidazole rings is 1. The number of nitrogens with zero attached hydrogens (tertiary/aromatic N) is 1. The summed E-state index contributed by atoms with van der Waals surface area (Å²) in [5.41, 5.74) is -0.578. The van der Waals surface area contributed by atoms with E-state index in [2.05, 4.69) is 15.3 Å². The van der Waals surface area contributed by atoms with Gasteiger partial charge in [-0.1, -0.05) is 0 Å². The first-order valence-electron chi connectivity index (χ1n) is 5.22. The molecule has 16 heavy (non-hydrogen) atoms. The first kappa shape index (κ1) is 11.1. The Hall–Kier alpha value is -1.40. The number of aromatic amines is 1. The van der Waals surface area contributed by atoms with Crippen LogP contribution in [0.15, 0.2) is 12.5 Å². The predicted octanol–water partition coefficient (Wildman–Crippen LogP) is -0.321. The summed E-state index contributed by atoms with van der Waals surface area (Å²) in [4.78, 5) is 18.0. The number of ether oxygens (including phenoxy) is 1. The third-order valence-electron chi connectivity index (χ3n) is 2.96. The Labute approximate surface area is 93.0 Å². The first-order valence-corrected chi connectivity index (χ1v) is 5.22. The van der Waals surface area contributed by atoms with Crippen molar-refractivity contribution in [2.75, 3.05) is 13.2 Å². The standard InChI is InChI=1S/C10H15N3O3/c1-7-10(15,2-3-16-7)5-12-9(14)8-4-11-6-13-8/h4,6-7,15H,2-3,5H2,1H3,(H,11,13)(H,12,14). The van der Waals surface area contributed by atoms with Crippen LogP contribution in [0.3, 0.4) is 0 Å². The molecule has 3 N–H and O–H groups in total. The Morgan fingerprint density at radius 3 is 3.25 bits per heavy atom. The van der Waals surface area contributed by atoms with E-state index in [-0.39, 0.29) is 18.6 Å². The predicted molar refractivity (Wildman–Crippen MR) is 55.9 cm³/mol. The van der Waals surface area contributed by atoms with Gasteiger partial charge in [0.15, 0.2) is 0 Å². The second kappa shape index (κ2) is 4.23. The van der Waals surface area contributed by atoms with Crippen molar-refractivity contribution in [1.29, 1.82) is 0 Å². The number of nitrogens with one attached hydrogen (secondary N) is 2. The second-order valence-corrected chi connectivity index (χ2v) is 4.01. The lowest BCUT2D eigenvalue weighted by molar-refractivity contribution is -0.0252. The van der Waals surface area contributed by atoms with Crippen molar-refractivity contribution >= 4 is 5.91 Å². The van der Waals surface area contributed by atoms with Crippen molar-refractivity contribution in [1.82, 2.24) is 15.3 Å². The summed E-state index contributed by atoms with van der Waals surface area (Å²) in [5, 5.41) is 12.8. The molecule has 0 radical (unpaired) electrons. The molecule has 1 amide bonds. The fraction of sp³-hybridized carbons (Fsp3) is 0.600. The van der Waals surface area contributed by atoms with Crippen LogP contribution in [-0.4, -0.2) is 45.8 Å². The Morgan fingerprint density at radius 1 is 1.88 bits per heavy atom. The Kier molecular flexibility index (Phi) is 2.93. The van der Waals surface area contributed by atoms with E-state index >= 15 is 0 Å². The van der Waals surface area contributed by atoms with E-state index in [1.807, 2.05) is 0 Å². The molecule has 2 atom stereocenters. The van der Waals surface area contributed by atoms with Crippen molar-refractivity contribution in [3.63, 3.8) is 0 Å². The van der Waals surface area contributed by atoms with Gasteiger partial charge in [-0.15, -0.1) is 0 Å². The molecule has 0 aromatic carbocycles. The number of carbonyl (C=O) groups is 1. The van der Waals surface area contributed by atoms with Gasteiger partial charge in [0.25, 0.3) is 5.91 Å². The minimum atomic E-state index is -0.963. The Bertz CT molecular complexity index is 365. The van der Waals surface area contributed by atoms with E-state index < -0.39 is 5.60 Å². The van der Waals surface area contributed by atoms with Gasteiger partial charge in [0.1, 0.15) is 11.3 Å². The van der Waals surface area contributed by atoms with E-state index in [9.17, 15) is 9.90 Å². The summed E-state index contributed by atoms with van der Waals surface area (Å²) in [6.07, 6.45) is 3.16. The lowest BCUT2D eigenvalue weighted by atomic mass is 9.97. The lowest BCUT2D eigenvalue weighted by Crippen LogP contribution is -2.47. The third kappa shape index (κ3) is 2.07. The van der Waals surface area contributed by atoms with Crippen LogP contribution in [0.2, 0.25) is 0 Å². The van der Waals surface area contributed by atoms with Crippen LogP contribution < -0.4 is 5.32 Å². The Morgan fingerprint density at radius 2 is 2.69 bits per heavy atom. The smallest absolute Gasteiger partial charge is 0.269 e. The number of amides is 1. The minimum absolute atomic E-state index is 0.187. The molecule has 1 aliphatic heterocycles. The van der Waals surface area contributed by atoms with Crippen LogP contribution in [0.25, 0.3) is 0 Å². The molecule has 1 fully saturated rings. The Balaban J connectivity index is 1.90. The fourth-order valence-electron chi connectivity index (χ4n) is 1.71. The fourth-order valence-corrected chi connectivity index (χ4v) is 1.71. The second-order valence-electron chi connectivity index (χ2n) is 4.01. The van der Waals surface area contributed by atoms with Gasteiger partial charge in [0, 0.05) is 19.6 Å². The molecular formula is C10H15N3O3. The van der Waals surface area contributed by atoms with Crippen molar-refractivity contribution in [2.24, 2.45) is 0 Å². The van der Waals surface area contributed by atoms with E-state index in [0.717, 1.165) is 0 Å². The van der Waals surface area contributed by atoms with Crippen LogP contribution in [0.4, 0.5) is 0 Å². The van der Waals surface area contributed by atoms with Crippen molar-refractivity contribution in [3.05, 3.63) is 18.2 Å². The molecule has 0 bridgehead atoms. The normalized spacial score (nSPS) is 29.2. The maximum atomic E-state index is 11.6. The number of hydrogen-bond acceptors (Lipinski definition) is 4. The van der Waals surface area contributed by atoms with Crippen LogP contribution in [0.5, 0.6) is 0 Å². The van der Waals surface area contributed by atoms with E-state index in [0.29, 0.717) is 18.7 Å². The van der Waals surface area contributed by atoms with Crippen LogP contribution in [-0.2, 0) is 4.74 Å². The highest BCUT2D eigenvalue weighted by atomic mass is 16.5. The average Bonchev–Trinajstić information content (AvgIpc) is 2.87. The zero-order valence-corrected chi connectivity index (χ0v) is 9.06. The first-order chi connectivity index (χ1) is 7.62. The van der Waals surface area contributed by atoms with E-state index in [4.69, 9.17) is 4.74 Å². The van der Waals surface area contributed by atoms with E-state index in [1.54, 1.807) is 6.92 Å². The van der Waals surface area contributed by atoms with Gasteiger partial charge in [0.05, 0.1) is 18.6 Å². The highest BCUT2D eigenvalue weighted by Gasteiger charge is 2.39. The molecule has 88 valence electrons. The van der Waals surface area contributed by atoms with Crippen LogP contribution in [0.1, 0.15) is 23.8 Å². The molecule has 2 unspecified atom stereocenters. The minimum Gasteiger partial charge on any atom is -0.385 e. The van der Waals surface area contributed by atoms with Crippen molar-refractivity contribution in [2.45, 2.75) is 25.0 Å². The molecule has 2 rings (SSSR count). The quantitative estimate of drug-likeness (QED) is 0.658. The SMILES string of the molecule is CC1OCCC1(O)CNC(=O)c1cnc[nH]1. The molecule has 6 nitrogen and oxygen atoms in total. The number of rotatable bonds is 3. The largest absolute Gasteiger partial charge is 0.385 e. The molecule has 0 saturated carbocycles. The molecule has 1 aromatic heterocycles. The summed E-state index contributed by atoms with van der Waals surface area (Å²) < 4.78 is 5.27. The summed E-state index contributed by atoms with van der Waals surface area (Å²) in [5.74, 6) is -0.273. The number of aliphatic hydroxyl groups is 1.